The first-order chi connectivity index (χ1) is 6.72. The van der Waals surface area contributed by atoms with Crippen LogP contribution >= 0.6 is 11.8 Å². The predicted molar refractivity (Wildman–Crippen MR) is 59.8 cm³/mol. The highest BCUT2D eigenvalue weighted by molar-refractivity contribution is 7.99. The average Bonchev–Trinajstić information content (AvgIpc) is 2.11. The number of nitrogens with zero attached hydrogens (tertiary/aromatic N) is 2. The van der Waals surface area contributed by atoms with Crippen molar-refractivity contribution in [2.75, 3.05) is 23.8 Å². The maximum atomic E-state index is 5.51. The predicted octanol–water partition coefficient (Wildman–Crippen LogP) is 0.248. The van der Waals surface area contributed by atoms with Gasteiger partial charge in [0, 0.05) is 18.4 Å². The summed E-state index contributed by atoms with van der Waals surface area (Å²) >= 11 is 1.46. The van der Waals surface area contributed by atoms with E-state index in [1.165, 1.54) is 17.8 Å². The van der Waals surface area contributed by atoms with Crippen molar-refractivity contribution in [2.24, 2.45) is 5.73 Å². The normalized spacial score (nSPS) is 10.9. The first kappa shape index (κ1) is 10.8. The van der Waals surface area contributed by atoms with Crippen LogP contribution in [0.3, 0.4) is 0 Å². The first-order valence-electron chi connectivity index (χ1n) is 4.10. The van der Waals surface area contributed by atoms with Crippen molar-refractivity contribution < 1.29 is 0 Å². The second-order valence-corrected chi connectivity index (χ2v) is 3.51. The Morgan fingerprint density at radius 3 is 2.43 bits per heavy atom. The molecule has 0 atom stereocenters. The van der Waals surface area contributed by atoms with Crippen molar-refractivity contribution in [2.45, 2.75) is 5.16 Å². The Morgan fingerprint density at radius 1 is 1.21 bits per heavy atom. The fraction of sp³-hybridized carbons (Fsp3) is 0.250. The molecule has 0 amide bonds. The standard InChI is InChI=1S/C8H13N5S/c9-3-1-2-4-14-8-12-6(10)5-7(11)13-8/h1-2,5H,3-4,9H2,(H4,10,11,12,13). The summed E-state index contributed by atoms with van der Waals surface area (Å²) < 4.78 is 0. The second kappa shape index (κ2) is 5.46. The molecule has 0 aromatic carbocycles. The highest BCUT2D eigenvalue weighted by atomic mass is 32.2. The largest absolute Gasteiger partial charge is 0.383 e. The van der Waals surface area contributed by atoms with E-state index < -0.39 is 0 Å². The topological polar surface area (TPSA) is 104 Å². The minimum atomic E-state index is 0.391. The Balaban J connectivity index is 2.54. The van der Waals surface area contributed by atoms with Gasteiger partial charge in [-0.25, -0.2) is 9.97 Å². The van der Waals surface area contributed by atoms with E-state index in [0.717, 1.165) is 5.75 Å². The Bertz CT molecular complexity index is 305. The number of thioether (sulfide) groups is 1. The van der Waals surface area contributed by atoms with Crippen molar-refractivity contribution in [3.63, 3.8) is 0 Å². The highest BCUT2D eigenvalue weighted by Gasteiger charge is 1.99. The van der Waals surface area contributed by atoms with E-state index in [1.807, 2.05) is 12.2 Å². The van der Waals surface area contributed by atoms with E-state index in [0.29, 0.717) is 23.3 Å². The molecule has 1 aromatic heterocycles. The zero-order valence-electron chi connectivity index (χ0n) is 7.68. The molecule has 0 aliphatic carbocycles. The smallest absolute Gasteiger partial charge is 0.191 e. The number of nitrogen functional groups attached to an aromatic ring is 2. The van der Waals surface area contributed by atoms with Gasteiger partial charge in [0.15, 0.2) is 5.16 Å². The van der Waals surface area contributed by atoms with Gasteiger partial charge in [-0.15, -0.1) is 0 Å². The van der Waals surface area contributed by atoms with Crippen LogP contribution in [0.15, 0.2) is 23.4 Å². The fourth-order valence-corrected chi connectivity index (χ4v) is 1.53. The van der Waals surface area contributed by atoms with Crippen LogP contribution < -0.4 is 17.2 Å². The minimum Gasteiger partial charge on any atom is -0.383 e. The fourth-order valence-electron chi connectivity index (χ4n) is 0.813. The van der Waals surface area contributed by atoms with E-state index in [9.17, 15) is 0 Å². The molecule has 6 heteroatoms. The SMILES string of the molecule is NCC=CCSc1nc(N)cc(N)n1. The van der Waals surface area contributed by atoms with Crippen LogP contribution in [0.5, 0.6) is 0 Å². The van der Waals surface area contributed by atoms with Crippen LogP contribution in [0.1, 0.15) is 0 Å². The molecule has 5 nitrogen and oxygen atoms in total. The van der Waals surface area contributed by atoms with E-state index in [1.54, 1.807) is 0 Å². The Hall–Kier alpha value is -1.27. The highest BCUT2D eigenvalue weighted by Crippen LogP contribution is 2.15. The van der Waals surface area contributed by atoms with Crippen molar-refractivity contribution in [3.05, 3.63) is 18.2 Å². The Morgan fingerprint density at radius 2 is 1.86 bits per heavy atom. The molecule has 0 aliphatic rings. The lowest BCUT2D eigenvalue weighted by atomic mass is 10.5. The van der Waals surface area contributed by atoms with Crippen LogP contribution in [0.25, 0.3) is 0 Å². The van der Waals surface area contributed by atoms with E-state index in [-0.39, 0.29) is 0 Å². The lowest BCUT2D eigenvalue weighted by Gasteiger charge is -1.99. The van der Waals surface area contributed by atoms with Crippen molar-refractivity contribution in [1.29, 1.82) is 0 Å². The summed E-state index contributed by atoms with van der Waals surface area (Å²) in [6.07, 6.45) is 3.83. The summed E-state index contributed by atoms with van der Waals surface area (Å²) in [5.74, 6) is 1.55. The molecule has 0 saturated heterocycles. The van der Waals surface area contributed by atoms with Gasteiger partial charge in [0.05, 0.1) is 0 Å². The van der Waals surface area contributed by atoms with Crippen LogP contribution in [0.4, 0.5) is 11.6 Å². The third-order valence-corrected chi connectivity index (χ3v) is 2.16. The number of aromatic nitrogens is 2. The molecule has 0 spiro atoms. The molecule has 0 aliphatic heterocycles. The van der Waals surface area contributed by atoms with Gasteiger partial charge in [-0.3, -0.25) is 0 Å². The summed E-state index contributed by atoms with van der Waals surface area (Å²) in [7, 11) is 0. The minimum absolute atomic E-state index is 0.391. The van der Waals surface area contributed by atoms with Gasteiger partial charge in [0.25, 0.3) is 0 Å². The van der Waals surface area contributed by atoms with Gasteiger partial charge in [0.1, 0.15) is 11.6 Å². The molecular formula is C8H13N5S. The van der Waals surface area contributed by atoms with Crippen molar-refractivity contribution in [1.82, 2.24) is 9.97 Å². The lowest BCUT2D eigenvalue weighted by molar-refractivity contribution is 0.986. The van der Waals surface area contributed by atoms with Crippen molar-refractivity contribution >= 4 is 23.4 Å². The Labute approximate surface area is 86.8 Å². The van der Waals surface area contributed by atoms with Crippen molar-refractivity contribution in [3.8, 4) is 0 Å². The molecule has 76 valence electrons. The summed E-state index contributed by atoms with van der Waals surface area (Å²) in [6, 6.07) is 1.53. The number of anilines is 2. The number of nitrogens with two attached hydrogens (primary N) is 3. The molecule has 6 N–H and O–H groups in total. The summed E-state index contributed by atoms with van der Waals surface area (Å²) in [6.45, 7) is 0.542. The third kappa shape index (κ3) is 3.63. The monoisotopic (exact) mass is 211 g/mol. The molecule has 1 rings (SSSR count). The third-order valence-electron chi connectivity index (χ3n) is 1.36. The summed E-state index contributed by atoms with van der Waals surface area (Å²) in [5.41, 5.74) is 16.3. The van der Waals surface area contributed by atoms with E-state index >= 15 is 0 Å². The van der Waals surface area contributed by atoms with Gasteiger partial charge in [0.2, 0.25) is 0 Å². The molecule has 14 heavy (non-hydrogen) atoms. The van der Waals surface area contributed by atoms with Crippen LogP contribution in [0, 0.1) is 0 Å². The maximum Gasteiger partial charge on any atom is 0.191 e. The molecular weight excluding hydrogens is 198 g/mol. The van der Waals surface area contributed by atoms with E-state index in [4.69, 9.17) is 17.2 Å². The van der Waals surface area contributed by atoms with Crippen LogP contribution in [-0.4, -0.2) is 22.3 Å². The van der Waals surface area contributed by atoms with E-state index in [2.05, 4.69) is 9.97 Å². The number of hydrogen-bond donors (Lipinski definition) is 3. The van der Waals surface area contributed by atoms with Crippen LogP contribution in [-0.2, 0) is 0 Å². The molecule has 0 fully saturated rings. The molecule has 1 heterocycles. The number of hydrogen-bond acceptors (Lipinski definition) is 6. The molecule has 0 radical (unpaired) electrons. The second-order valence-electron chi connectivity index (χ2n) is 2.52. The van der Waals surface area contributed by atoms with Gasteiger partial charge in [-0.2, -0.15) is 0 Å². The zero-order valence-corrected chi connectivity index (χ0v) is 8.50. The zero-order chi connectivity index (χ0) is 10.4. The Kier molecular flexibility index (Phi) is 4.21. The average molecular weight is 211 g/mol. The molecule has 0 bridgehead atoms. The maximum absolute atomic E-state index is 5.51. The van der Waals surface area contributed by atoms with Gasteiger partial charge in [-0.05, 0) is 0 Å². The molecule has 1 aromatic rings. The van der Waals surface area contributed by atoms with Gasteiger partial charge >= 0.3 is 0 Å². The summed E-state index contributed by atoms with van der Waals surface area (Å²) in [4.78, 5) is 8.03. The van der Waals surface area contributed by atoms with Gasteiger partial charge < -0.3 is 17.2 Å². The lowest BCUT2D eigenvalue weighted by Crippen LogP contribution is -1.99. The van der Waals surface area contributed by atoms with Crippen LogP contribution in [0.2, 0.25) is 0 Å². The number of rotatable bonds is 4. The molecule has 0 saturated carbocycles. The summed E-state index contributed by atoms with van der Waals surface area (Å²) in [5, 5.41) is 0.587. The molecule has 0 unspecified atom stereocenters. The van der Waals surface area contributed by atoms with Gasteiger partial charge in [-0.1, -0.05) is 23.9 Å². The quantitative estimate of drug-likeness (QED) is 0.374. The first-order valence-corrected chi connectivity index (χ1v) is 5.09.